The number of aliphatic hydroxyl groups is 1. The van der Waals surface area contributed by atoms with E-state index in [-0.39, 0.29) is 12.6 Å². The maximum absolute atomic E-state index is 11.7. The lowest BCUT2D eigenvalue weighted by Crippen LogP contribution is -2.42. The van der Waals surface area contributed by atoms with Gasteiger partial charge in [-0.3, -0.25) is 0 Å². The van der Waals surface area contributed by atoms with Crippen molar-refractivity contribution in [2.24, 2.45) is 0 Å². The SMILES string of the molecule is CCN(CCO)C(=O)NCCOc1cccc(Br)c1. The molecule has 0 aliphatic heterocycles. The highest BCUT2D eigenvalue weighted by Crippen LogP contribution is 2.17. The number of amides is 2. The van der Waals surface area contributed by atoms with Gasteiger partial charge in [0.2, 0.25) is 0 Å². The van der Waals surface area contributed by atoms with E-state index in [1.165, 1.54) is 0 Å². The number of aliphatic hydroxyl groups excluding tert-OH is 1. The number of likely N-dealkylation sites (N-methyl/N-ethyl adjacent to an activating group) is 1. The highest BCUT2D eigenvalue weighted by atomic mass is 79.9. The molecule has 0 saturated carbocycles. The molecular formula is C13H19BrN2O3. The number of hydrogen-bond acceptors (Lipinski definition) is 3. The number of carbonyl (C=O) groups excluding carboxylic acids is 1. The molecular weight excluding hydrogens is 312 g/mol. The first-order valence-corrected chi connectivity index (χ1v) is 6.98. The quantitative estimate of drug-likeness (QED) is 0.750. The first kappa shape index (κ1) is 15.8. The number of rotatable bonds is 7. The van der Waals surface area contributed by atoms with Crippen LogP contribution in [0.3, 0.4) is 0 Å². The molecule has 19 heavy (non-hydrogen) atoms. The van der Waals surface area contributed by atoms with Gasteiger partial charge in [0.15, 0.2) is 0 Å². The van der Waals surface area contributed by atoms with Crippen molar-refractivity contribution in [1.82, 2.24) is 10.2 Å². The Bertz CT molecular complexity index is 401. The molecule has 106 valence electrons. The number of benzene rings is 1. The van der Waals surface area contributed by atoms with Gasteiger partial charge >= 0.3 is 6.03 Å². The second-order valence-electron chi connectivity index (χ2n) is 3.84. The minimum Gasteiger partial charge on any atom is -0.492 e. The molecule has 1 aromatic carbocycles. The molecule has 6 heteroatoms. The normalized spacial score (nSPS) is 10.1. The Morgan fingerprint density at radius 1 is 1.53 bits per heavy atom. The van der Waals surface area contributed by atoms with Gasteiger partial charge in [0, 0.05) is 17.6 Å². The van der Waals surface area contributed by atoms with Crippen LogP contribution in [0.15, 0.2) is 28.7 Å². The second kappa shape index (κ2) is 8.77. The number of halogens is 1. The van der Waals surface area contributed by atoms with E-state index in [4.69, 9.17) is 9.84 Å². The van der Waals surface area contributed by atoms with E-state index in [1.54, 1.807) is 4.90 Å². The van der Waals surface area contributed by atoms with Gasteiger partial charge in [-0.25, -0.2) is 4.79 Å². The van der Waals surface area contributed by atoms with Gasteiger partial charge in [0.05, 0.1) is 13.2 Å². The molecule has 2 amide bonds. The van der Waals surface area contributed by atoms with Crippen LogP contribution in [-0.2, 0) is 0 Å². The number of carbonyl (C=O) groups is 1. The summed E-state index contributed by atoms with van der Waals surface area (Å²) in [5, 5.41) is 11.6. The van der Waals surface area contributed by atoms with E-state index in [1.807, 2.05) is 31.2 Å². The molecule has 0 aliphatic carbocycles. The predicted octanol–water partition coefficient (Wildman–Crippen LogP) is 1.85. The van der Waals surface area contributed by atoms with Crippen LogP contribution in [0.2, 0.25) is 0 Å². The molecule has 0 spiro atoms. The minimum atomic E-state index is -0.186. The Morgan fingerprint density at radius 3 is 2.95 bits per heavy atom. The molecule has 0 radical (unpaired) electrons. The summed E-state index contributed by atoms with van der Waals surface area (Å²) in [4.78, 5) is 13.2. The second-order valence-corrected chi connectivity index (χ2v) is 4.76. The lowest BCUT2D eigenvalue weighted by Gasteiger charge is -2.20. The summed E-state index contributed by atoms with van der Waals surface area (Å²) in [5.74, 6) is 0.756. The summed E-state index contributed by atoms with van der Waals surface area (Å²) >= 11 is 3.36. The largest absolute Gasteiger partial charge is 0.492 e. The van der Waals surface area contributed by atoms with Crippen LogP contribution in [0.4, 0.5) is 4.79 Å². The van der Waals surface area contributed by atoms with Crippen molar-refractivity contribution >= 4 is 22.0 Å². The summed E-state index contributed by atoms with van der Waals surface area (Å²) in [7, 11) is 0. The van der Waals surface area contributed by atoms with E-state index in [2.05, 4.69) is 21.2 Å². The van der Waals surface area contributed by atoms with Gasteiger partial charge in [-0.2, -0.15) is 0 Å². The predicted molar refractivity (Wildman–Crippen MR) is 77.4 cm³/mol. The van der Waals surface area contributed by atoms with Crippen LogP contribution in [0.25, 0.3) is 0 Å². The van der Waals surface area contributed by atoms with Crippen molar-refractivity contribution in [1.29, 1.82) is 0 Å². The zero-order valence-electron chi connectivity index (χ0n) is 10.9. The van der Waals surface area contributed by atoms with Gasteiger partial charge in [-0.1, -0.05) is 22.0 Å². The van der Waals surface area contributed by atoms with Gasteiger partial charge < -0.3 is 20.1 Å². The van der Waals surface area contributed by atoms with Crippen LogP contribution >= 0.6 is 15.9 Å². The standard InChI is InChI=1S/C13H19BrN2O3/c1-2-16(7-8-17)13(18)15-6-9-19-12-5-3-4-11(14)10-12/h3-5,10,17H,2,6-9H2,1H3,(H,15,18). The average molecular weight is 331 g/mol. The zero-order valence-corrected chi connectivity index (χ0v) is 12.5. The van der Waals surface area contributed by atoms with Crippen LogP contribution in [0.5, 0.6) is 5.75 Å². The van der Waals surface area contributed by atoms with E-state index in [9.17, 15) is 4.79 Å². The number of urea groups is 1. The summed E-state index contributed by atoms with van der Waals surface area (Å²) in [6, 6.07) is 7.35. The van der Waals surface area contributed by atoms with Crippen molar-refractivity contribution in [3.8, 4) is 5.75 Å². The van der Waals surface area contributed by atoms with Crippen molar-refractivity contribution in [2.75, 3.05) is 32.8 Å². The molecule has 0 saturated heterocycles. The van der Waals surface area contributed by atoms with Gasteiger partial charge in [-0.05, 0) is 25.1 Å². The van der Waals surface area contributed by atoms with Crippen molar-refractivity contribution in [3.05, 3.63) is 28.7 Å². The highest BCUT2D eigenvalue weighted by Gasteiger charge is 2.09. The zero-order chi connectivity index (χ0) is 14.1. The fourth-order valence-electron chi connectivity index (χ4n) is 1.52. The molecule has 0 aromatic heterocycles. The first-order chi connectivity index (χ1) is 9.17. The van der Waals surface area contributed by atoms with Crippen LogP contribution in [0, 0.1) is 0 Å². The Labute approximate surface area is 121 Å². The number of nitrogens with one attached hydrogen (secondary N) is 1. The van der Waals surface area contributed by atoms with Gasteiger partial charge in [0.1, 0.15) is 12.4 Å². The number of hydrogen-bond donors (Lipinski definition) is 2. The molecule has 5 nitrogen and oxygen atoms in total. The minimum absolute atomic E-state index is 0.0319. The monoisotopic (exact) mass is 330 g/mol. The lowest BCUT2D eigenvalue weighted by molar-refractivity contribution is 0.178. The Balaban J connectivity index is 2.25. The number of ether oxygens (including phenoxy) is 1. The average Bonchev–Trinajstić information content (AvgIpc) is 2.40. The third kappa shape index (κ3) is 5.94. The molecule has 0 bridgehead atoms. The van der Waals surface area contributed by atoms with Crippen molar-refractivity contribution < 1.29 is 14.6 Å². The topological polar surface area (TPSA) is 61.8 Å². The van der Waals surface area contributed by atoms with Crippen LogP contribution in [-0.4, -0.2) is 48.9 Å². The Morgan fingerprint density at radius 2 is 2.32 bits per heavy atom. The van der Waals surface area contributed by atoms with Crippen molar-refractivity contribution in [2.45, 2.75) is 6.92 Å². The molecule has 0 atom stereocenters. The maximum atomic E-state index is 11.7. The molecule has 0 fully saturated rings. The molecule has 2 N–H and O–H groups in total. The van der Waals surface area contributed by atoms with E-state index in [0.29, 0.717) is 26.2 Å². The van der Waals surface area contributed by atoms with Crippen molar-refractivity contribution in [3.63, 3.8) is 0 Å². The van der Waals surface area contributed by atoms with Gasteiger partial charge in [-0.15, -0.1) is 0 Å². The summed E-state index contributed by atoms with van der Waals surface area (Å²) in [5.41, 5.74) is 0. The molecule has 0 aliphatic rings. The van der Waals surface area contributed by atoms with Crippen LogP contribution in [0.1, 0.15) is 6.92 Å². The maximum Gasteiger partial charge on any atom is 0.317 e. The fraction of sp³-hybridized carbons (Fsp3) is 0.462. The van der Waals surface area contributed by atoms with E-state index < -0.39 is 0 Å². The first-order valence-electron chi connectivity index (χ1n) is 6.19. The highest BCUT2D eigenvalue weighted by molar-refractivity contribution is 9.10. The van der Waals surface area contributed by atoms with Gasteiger partial charge in [0.25, 0.3) is 0 Å². The lowest BCUT2D eigenvalue weighted by atomic mass is 10.3. The smallest absolute Gasteiger partial charge is 0.317 e. The third-order valence-corrected chi connectivity index (χ3v) is 2.98. The summed E-state index contributed by atoms with van der Waals surface area (Å²) in [6.07, 6.45) is 0. The Kier molecular flexibility index (Phi) is 7.28. The van der Waals surface area contributed by atoms with Crippen LogP contribution < -0.4 is 10.1 Å². The van der Waals surface area contributed by atoms with E-state index in [0.717, 1.165) is 10.2 Å². The fourth-order valence-corrected chi connectivity index (χ4v) is 1.90. The third-order valence-electron chi connectivity index (χ3n) is 2.48. The van der Waals surface area contributed by atoms with E-state index >= 15 is 0 Å². The molecule has 1 aromatic rings. The molecule has 0 unspecified atom stereocenters. The summed E-state index contributed by atoms with van der Waals surface area (Å²) < 4.78 is 6.45. The Hall–Kier alpha value is -1.27. The number of nitrogens with zero attached hydrogens (tertiary/aromatic N) is 1. The molecule has 0 heterocycles. The summed E-state index contributed by atoms with van der Waals surface area (Å²) in [6.45, 7) is 3.57. The molecule has 1 rings (SSSR count).